The van der Waals surface area contributed by atoms with E-state index in [2.05, 4.69) is 15.0 Å². The van der Waals surface area contributed by atoms with E-state index in [1.54, 1.807) is 11.8 Å². The van der Waals surface area contributed by atoms with Crippen LogP contribution in [0.15, 0.2) is 71.3 Å². The summed E-state index contributed by atoms with van der Waals surface area (Å²) in [5, 5.41) is 0. The van der Waals surface area contributed by atoms with Crippen molar-refractivity contribution in [2.45, 2.75) is 39.3 Å². The van der Waals surface area contributed by atoms with E-state index >= 15 is 0 Å². The second-order valence-electron chi connectivity index (χ2n) is 10.4. The zero-order chi connectivity index (χ0) is 30.4. The van der Waals surface area contributed by atoms with Gasteiger partial charge >= 0.3 is 12.1 Å². The van der Waals surface area contributed by atoms with Gasteiger partial charge in [0.2, 0.25) is 11.8 Å². The Morgan fingerprint density at radius 3 is 2.56 bits per heavy atom. The van der Waals surface area contributed by atoms with Gasteiger partial charge in [0, 0.05) is 31.3 Å². The molecule has 0 radical (unpaired) electrons. The number of carbonyl (C=O) groups is 1. The number of benzene rings is 2. The topological polar surface area (TPSA) is 90.6 Å². The molecule has 43 heavy (non-hydrogen) atoms. The van der Waals surface area contributed by atoms with E-state index in [9.17, 15) is 18.0 Å². The van der Waals surface area contributed by atoms with Gasteiger partial charge in [-0.25, -0.2) is 15.0 Å². The molecule has 0 spiro atoms. The lowest BCUT2D eigenvalue weighted by atomic mass is 9.81. The Morgan fingerprint density at radius 1 is 1.07 bits per heavy atom. The van der Waals surface area contributed by atoms with Crippen LogP contribution in [0.3, 0.4) is 0 Å². The second kappa shape index (κ2) is 13.3. The molecule has 5 rings (SSSR count). The third-order valence-electron chi connectivity index (χ3n) is 7.48. The highest BCUT2D eigenvalue weighted by molar-refractivity contribution is 5.73. The van der Waals surface area contributed by atoms with Crippen molar-refractivity contribution in [1.82, 2.24) is 15.0 Å². The predicted octanol–water partition coefficient (Wildman–Crippen LogP) is 6.33. The molecular formula is C32H33F3N4O4. The number of alkyl halides is 3. The highest BCUT2D eigenvalue weighted by Gasteiger charge is 2.37. The maximum Gasteiger partial charge on any atom is 0.433 e. The molecule has 0 bridgehead atoms. The highest BCUT2D eigenvalue weighted by atomic mass is 19.4. The Morgan fingerprint density at radius 2 is 1.84 bits per heavy atom. The fourth-order valence-electron chi connectivity index (χ4n) is 5.29. The summed E-state index contributed by atoms with van der Waals surface area (Å²) in [6.45, 7) is 5.00. The Balaban J connectivity index is 1.22. The molecule has 0 saturated carbocycles. The number of nitrogens with zero attached hydrogens (tertiary/aromatic N) is 4. The van der Waals surface area contributed by atoms with E-state index in [0.717, 1.165) is 34.8 Å². The largest absolute Gasteiger partial charge is 0.493 e. The molecule has 1 aliphatic heterocycles. The predicted molar refractivity (Wildman–Crippen MR) is 153 cm³/mol. The number of hydrogen-bond donors (Lipinski definition) is 0. The molecular weight excluding hydrogens is 561 g/mol. The average molecular weight is 595 g/mol. The van der Waals surface area contributed by atoms with Crippen molar-refractivity contribution < 1.29 is 31.9 Å². The minimum Gasteiger partial charge on any atom is -0.493 e. The van der Waals surface area contributed by atoms with Gasteiger partial charge in [0.25, 0.3) is 0 Å². The summed E-state index contributed by atoms with van der Waals surface area (Å²) in [6, 6.07) is 18.2. The molecule has 1 saturated heterocycles. The molecule has 0 aliphatic carbocycles. The summed E-state index contributed by atoms with van der Waals surface area (Å²) in [7, 11) is 0. The lowest BCUT2D eigenvalue weighted by molar-refractivity contribution is -0.150. The number of hydrogen-bond acceptors (Lipinski definition) is 8. The number of piperidine rings is 1. The molecule has 0 amide bonds. The van der Waals surface area contributed by atoms with Gasteiger partial charge in [-0.15, -0.1) is 0 Å². The first-order valence-electron chi connectivity index (χ1n) is 14.3. The first-order valence-corrected chi connectivity index (χ1v) is 14.3. The van der Waals surface area contributed by atoms with Crippen molar-refractivity contribution >= 4 is 11.9 Å². The third kappa shape index (κ3) is 7.52. The first kappa shape index (κ1) is 30.1. The van der Waals surface area contributed by atoms with Crippen LogP contribution in [0, 0.1) is 18.8 Å². The van der Waals surface area contributed by atoms with Crippen LogP contribution in [0.1, 0.15) is 36.1 Å². The van der Waals surface area contributed by atoms with Crippen molar-refractivity contribution in [1.29, 1.82) is 0 Å². The van der Waals surface area contributed by atoms with Crippen LogP contribution >= 0.6 is 0 Å². The normalized spacial score (nSPS) is 17.1. The summed E-state index contributed by atoms with van der Waals surface area (Å²) >= 11 is 0. The maximum absolute atomic E-state index is 13.2. The molecule has 2 aromatic carbocycles. The molecule has 2 atom stereocenters. The highest BCUT2D eigenvalue weighted by Crippen LogP contribution is 2.32. The lowest BCUT2D eigenvalue weighted by Crippen LogP contribution is -2.45. The van der Waals surface area contributed by atoms with Gasteiger partial charge in [-0.1, -0.05) is 30.3 Å². The number of anilines is 1. The minimum absolute atomic E-state index is 0.00381. The molecule has 4 aromatic rings. The zero-order valence-corrected chi connectivity index (χ0v) is 24.0. The Labute approximate surface area is 247 Å². The summed E-state index contributed by atoms with van der Waals surface area (Å²) in [4.78, 5) is 26.9. The lowest BCUT2D eigenvalue weighted by Gasteiger charge is -2.37. The molecule has 11 heteroatoms. The van der Waals surface area contributed by atoms with Gasteiger partial charge in [0.05, 0.1) is 24.8 Å². The number of carbonyl (C=O) groups excluding carboxylic acids is 1. The van der Waals surface area contributed by atoms with Crippen LogP contribution < -0.4 is 9.64 Å². The molecule has 8 nitrogen and oxygen atoms in total. The van der Waals surface area contributed by atoms with Crippen molar-refractivity contribution in [3.63, 3.8) is 0 Å². The van der Waals surface area contributed by atoms with Gasteiger partial charge < -0.3 is 18.8 Å². The van der Waals surface area contributed by atoms with Crippen LogP contribution in [-0.2, 0) is 28.5 Å². The molecule has 1 aliphatic rings. The number of aromatic nitrogens is 3. The molecule has 226 valence electrons. The summed E-state index contributed by atoms with van der Waals surface area (Å²) in [5.74, 6) is 1.15. The fraction of sp³-hybridized carbons (Fsp3) is 0.375. The standard InChI is InChI=1S/C32H33F3N4O4/c1-3-41-30(40)26-14-17-39(31-36-16-13-28(38-31)32(33,34)35)20-24(26)19-22-9-11-25(12-10-22)42-18-15-27-21(2)43-29(37-27)23-7-5-4-6-8-23/h4-13,16,24,26H,3,14-15,17-20H2,1-2H3/t24-,26+/m1/s1. The van der Waals surface area contributed by atoms with Gasteiger partial charge in [-0.2, -0.15) is 13.2 Å². The van der Waals surface area contributed by atoms with E-state index in [4.69, 9.17) is 13.9 Å². The van der Waals surface area contributed by atoms with Gasteiger partial charge in [-0.05, 0) is 68.5 Å². The van der Waals surface area contributed by atoms with Gasteiger partial charge in [-0.3, -0.25) is 4.79 Å². The number of aryl methyl sites for hydroxylation is 1. The van der Waals surface area contributed by atoms with Crippen molar-refractivity contribution in [3.8, 4) is 17.2 Å². The zero-order valence-electron chi connectivity index (χ0n) is 24.0. The Kier molecular flexibility index (Phi) is 9.27. The van der Waals surface area contributed by atoms with Crippen LogP contribution in [-0.4, -0.2) is 47.2 Å². The maximum atomic E-state index is 13.2. The molecule has 2 aromatic heterocycles. The smallest absolute Gasteiger partial charge is 0.433 e. The number of ether oxygens (including phenoxy) is 2. The van der Waals surface area contributed by atoms with E-state index in [0.29, 0.717) is 50.6 Å². The van der Waals surface area contributed by atoms with Gasteiger partial charge in [0.1, 0.15) is 17.2 Å². The van der Waals surface area contributed by atoms with Crippen molar-refractivity contribution in [2.75, 3.05) is 31.2 Å². The fourth-order valence-corrected chi connectivity index (χ4v) is 5.29. The third-order valence-corrected chi connectivity index (χ3v) is 7.48. The average Bonchev–Trinajstić information content (AvgIpc) is 3.38. The van der Waals surface area contributed by atoms with E-state index in [-0.39, 0.29) is 30.4 Å². The van der Waals surface area contributed by atoms with Gasteiger partial charge in [0.15, 0.2) is 0 Å². The van der Waals surface area contributed by atoms with Crippen LogP contribution in [0.25, 0.3) is 11.5 Å². The summed E-state index contributed by atoms with van der Waals surface area (Å²) < 4.78 is 56.8. The monoisotopic (exact) mass is 594 g/mol. The number of esters is 1. The summed E-state index contributed by atoms with van der Waals surface area (Å²) in [5.41, 5.74) is 1.74. The van der Waals surface area contributed by atoms with E-state index in [1.165, 1.54) is 0 Å². The van der Waals surface area contributed by atoms with E-state index in [1.807, 2.05) is 61.5 Å². The quantitative estimate of drug-likeness (QED) is 0.197. The van der Waals surface area contributed by atoms with Crippen LogP contribution in [0.2, 0.25) is 0 Å². The summed E-state index contributed by atoms with van der Waals surface area (Å²) in [6.07, 6.45) is -1.91. The SMILES string of the molecule is CCOC(=O)[C@H]1CCN(c2nccc(C(F)(F)F)n2)C[C@H]1Cc1ccc(OCCc2nc(-c3ccccc3)oc2C)cc1. The number of oxazole rings is 1. The van der Waals surface area contributed by atoms with E-state index < -0.39 is 11.9 Å². The molecule has 0 unspecified atom stereocenters. The number of halogens is 3. The molecule has 3 heterocycles. The Bertz CT molecular complexity index is 1510. The molecule has 0 N–H and O–H groups in total. The van der Waals surface area contributed by atoms with Crippen LogP contribution in [0.5, 0.6) is 5.75 Å². The number of rotatable bonds is 10. The minimum atomic E-state index is -4.57. The van der Waals surface area contributed by atoms with Crippen LogP contribution in [0.4, 0.5) is 19.1 Å². The van der Waals surface area contributed by atoms with Crippen molar-refractivity contribution in [3.05, 3.63) is 89.6 Å². The first-order chi connectivity index (χ1) is 20.7. The molecule has 1 fully saturated rings. The Hall–Kier alpha value is -4.41. The second-order valence-corrected chi connectivity index (χ2v) is 10.4. The van der Waals surface area contributed by atoms with Crippen molar-refractivity contribution in [2.24, 2.45) is 11.8 Å².